The van der Waals surface area contributed by atoms with Crippen LogP contribution in [0.5, 0.6) is 0 Å². The van der Waals surface area contributed by atoms with Gasteiger partial charge < -0.3 is 21.3 Å². The van der Waals surface area contributed by atoms with Gasteiger partial charge in [0.25, 0.3) is 0 Å². The molecule has 0 spiro atoms. The van der Waals surface area contributed by atoms with E-state index in [0.29, 0.717) is 12.2 Å². The van der Waals surface area contributed by atoms with Crippen LogP contribution in [-0.4, -0.2) is 33.6 Å². The lowest BCUT2D eigenvalue weighted by atomic mass is 10.2. The summed E-state index contributed by atoms with van der Waals surface area (Å²) < 4.78 is 4.75. The second kappa shape index (κ2) is 8.20. The lowest BCUT2D eigenvalue weighted by Gasteiger charge is -2.02. The summed E-state index contributed by atoms with van der Waals surface area (Å²) in [6, 6.07) is 6.16. The summed E-state index contributed by atoms with van der Waals surface area (Å²) in [5.74, 6) is -1.22. The highest BCUT2D eigenvalue weighted by molar-refractivity contribution is 5.94. The fourth-order valence-electron chi connectivity index (χ4n) is 1.40. The van der Waals surface area contributed by atoms with Gasteiger partial charge in [-0.3, -0.25) is 0 Å². The second-order valence-corrected chi connectivity index (χ2v) is 3.90. The lowest BCUT2D eigenvalue weighted by molar-refractivity contribution is 0.0526. The number of carboxylic acid groups (broad SMARTS) is 1. The van der Waals surface area contributed by atoms with Crippen molar-refractivity contribution in [3.8, 4) is 0 Å². The summed E-state index contributed by atoms with van der Waals surface area (Å²) in [6.45, 7) is 2.08. The van der Waals surface area contributed by atoms with Crippen LogP contribution in [0.2, 0.25) is 0 Å². The summed E-state index contributed by atoms with van der Waals surface area (Å²) in [6.07, 6.45) is 2.97. The third kappa shape index (κ3) is 4.75. The zero-order chi connectivity index (χ0) is 16.5. The van der Waals surface area contributed by atoms with Gasteiger partial charge in [0.1, 0.15) is 22.8 Å². The first kappa shape index (κ1) is 16.9. The van der Waals surface area contributed by atoms with E-state index in [4.69, 9.17) is 21.3 Å². The number of hydrogen-bond donors (Lipinski definition) is 3. The molecule has 0 amide bonds. The molecule has 2 heterocycles. The Morgan fingerprint density at radius 2 is 1.59 bits per heavy atom. The number of carbonyl (C=O) groups is 2. The van der Waals surface area contributed by atoms with E-state index < -0.39 is 11.9 Å². The Bertz CT molecular complexity index is 661. The number of esters is 1. The van der Waals surface area contributed by atoms with Crippen molar-refractivity contribution >= 4 is 23.6 Å². The number of carbonyl (C=O) groups excluding carboxylic acids is 1. The molecule has 0 radical (unpaired) electrons. The van der Waals surface area contributed by atoms with Crippen LogP contribution < -0.4 is 11.5 Å². The van der Waals surface area contributed by atoms with Crippen LogP contribution >= 0.6 is 0 Å². The quantitative estimate of drug-likeness (QED) is 0.718. The zero-order valence-electron chi connectivity index (χ0n) is 11.9. The number of nitrogens with zero attached hydrogens (tertiary/aromatic N) is 2. The van der Waals surface area contributed by atoms with Crippen molar-refractivity contribution in [3.63, 3.8) is 0 Å². The molecule has 2 rings (SSSR count). The van der Waals surface area contributed by atoms with E-state index in [0.717, 1.165) is 0 Å². The molecule has 0 unspecified atom stereocenters. The SMILES string of the molecule is CCOC(=O)c1cccnc1N.Nc1ncccc1C(=O)O. The second-order valence-electron chi connectivity index (χ2n) is 3.90. The number of ether oxygens (including phenoxy) is 1. The molecule has 0 aliphatic rings. The summed E-state index contributed by atoms with van der Waals surface area (Å²) >= 11 is 0. The van der Waals surface area contributed by atoms with Gasteiger partial charge in [-0.15, -0.1) is 0 Å². The number of aromatic carboxylic acids is 1. The number of hydrogen-bond acceptors (Lipinski definition) is 7. The molecule has 0 bridgehead atoms. The van der Waals surface area contributed by atoms with Crippen LogP contribution in [0.25, 0.3) is 0 Å². The Hall–Kier alpha value is -3.16. The number of pyridine rings is 2. The zero-order valence-corrected chi connectivity index (χ0v) is 11.9. The van der Waals surface area contributed by atoms with Crippen molar-refractivity contribution in [2.45, 2.75) is 6.92 Å². The summed E-state index contributed by atoms with van der Waals surface area (Å²) in [7, 11) is 0. The van der Waals surface area contributed by atoms with Gasteiger partial charge in [0.15, 0.2) is 0 Å². The Balaban J connectivity index is 0.000000224. The number of aromatic nitrogens is 2. The first-order valence-electron chi connectivity index (χ1n) is 6.28. The van der Waals surface area contributed by atoms with Crippen LogP contribution in [0.15, 0.2) is 36.7 Å². The van der Waals surface area contributed by atoms with Gasteiger partial charge in [-0.2, -0.15) is 0 Å². The molecule has 0 fully saturated rings. The monoisotopic (exact) mass is 304 g/mol. The normalized spacial score (nSPS) is 9.32. The van der Waals surface area contributed by atoms with E-state index in [1.165, 1.54) is 24.5 Å². The Kier molecular flexibility index (Phi) is 6.30. The lowest BCUT2D eigenvalue weighted by Crippen LogP contribution is -2.08. The van der Waals surface area contributed by atoms with Gasteiger partial charge >= 0.3 is 11.9 Å². The molecule has 8 nitrogen and oxygen atoms in total. The average Bonchev–Trinajstić information content (AvgIpc) is 2.48. The van der Waals surface area contributed by atoms with Gasteiger partial charge in [-0.05, 0) is 31.2 Å². The molecule has 0 saturated heterocycles. The van der Waals surface area contributed by atoms with E-state index in [1.54, 1.807) is 19.1 Å². The van der Waals surface area contributed by atoms with E-state index >= 15 is 0 Å². The first-order chi connectivity index (χ1) is 10.5. The molecule has 0 atom stereocenters. The predicted molar refractivity (Wildman–Crippen MR) is 80.2 cm³/mol. The fraction of sp³-hybridized carbons (Fsp3) is 0.143. The van der Waals surface area contributed by atoms with Gasteiger partial charge in [0.05, 0.1) is 6.61 Å². The Morgan fingerprint density at radius 1 is 1.09 bits per heavy atom. The van der Waals surface area contributed by atoms with Crippen molar-refractivity contribution in [1.29, 1.82) is 0 Å². The molecule has 116 valence electrons. The molecule has 8 heteroatoms. The Morgan fingerprint density at radius 3 is 1.95 bits per heavy atom. The van der Waals surface area contributed by atoms with Crippen molar-refractivity contribution < 1.29 is 19.4 Å². The van der Waals surface area contributed by atoms with Gasteiger partial charge in [-0.25, -0.2) is 19.6 Å². The first-order valence-corrected chi connectivity index (χ1v) is 6.28. The maximum absolute atomic E-state index is 11.1. The molecule has 0 aromatic carbocycles. The van der Waals surface area contributed by atoms with Crippen molar-refractivity contribution in [2.24, 2.45) is 0 Å². The third-order valence-corrected chi connectivity index (χ3v) is 2.40. The fourth-order valence-corrected chi connectivity index (χ4v) is 1.40. The summed E-state index contributed by atoms with van der Waals surface area (Å²) in [5, 5.41) is 8.45. The van der Waals surface area contributed by atoms with Gasteiger partial charge in [0, 0.05) is 12.4 Å². The van der Waals surface area contributed by atoms with E-state index in [9.17, 15) is 9.59 Å². The highest BCUT2D eigenvalue weighted by atomic mass is 16.5. The highest BCUT2D eigenvalue weighted by Crippen LogP contribution is 2.08. The minimum atomic E-state index is -1.05. The maximum atomic E-state index is 11.1. The molecule has 2 aromatic heterocycles. The van der Waals surface area contributed by atoms with Crippen LogP contribution in [0.4, 0.5) is 11.6 Å². The number of nitrogens with two attached hydrogens (primary N) is 2. The number of rotatable bonds is 3. The molecular formula is C14H16N4O4. The molecule has 0 aliphatic carbocycles. The number of carboxylic acids is 1. The van der Waals surface area contributed by atoms with E-state index in [1.807, 2.05) is 0 Å². The van der Waals surface area contributed by atoms with Crippen molar-refractivity contribution in [3.05, 3.63) is 47.8 Å². The third-order valence-electron chi connectivity index (χ3n) is 2.40. The summed E-state index contributed by atoms with van der Waals surface area (Å²) in [5.41, 5.74) is 11.0. The molecule has 0 aliphatic heterocycles. The Labute approximate surface area is 126 Å². The van der Waals surface area contributed by atoms with Crippen molar-refractivity contribution in [1.82, 2.24) is 9.97 Å². The minimum Gasteiger partial charge on any atom is -0.478 e. The van der Waals surface area contributed by atoms with Crippen LogP contribution in [-0.2, 0) is 4.74 Å². The largest absolute Gasteiger partial charge is 0.478 e. The maximum Gasteiger partial charge on any atom is 0.341 e. The summed E-state index contributed by atoms with van der Waals surface area (Å²) in [4.78, 5) is 28.8. The highest BCUT2D eigenvalue weighted by Gasteiger charge is 2.09. The van der Waals surface area contributed by atoms with Gasteiger partial charge in [0.2, 0.25) is 0 Å². The predicted octanol–water partition coefficient (Wildman–Crippen LogP) is 1.20. The number of nitrogen functional groups attached to an aromatic ring is 2. The molecule has 0 saturated carbocycles. The smallest absolute Gasteiger partial charge is 0.341 e. The van der Waals surface area contributed by atoms with Crippen molar-refractivity contribution in [2.75, 3.05) is 18.1 Å². The molecule has 22 heavy (non-hydrogen) atoms. The molecular weight excluding hydrogens is 288 g/mol. The topological polar surface area (TPSA) is 141 Å². The van der Waals surface area contributed by atoms with Gasteiger partial charge in [-0.1, -0.05) is 0 Å². The van der Waals surface area contributed by atoms with Crippen LogP contribution in [0.1, 0.15) is 27.6 Å². The standard InChI is InChI=1S/C8H10N2O2.C6H6N2O2/c1-2-12-8(11)6-4-3-5-10-7(6)9;7-5-4(6(9)10)2-1-3-8-5/h3-5H,2H2,1H3,(H2,9,10);1-3H,(H2,7,8)(H,9,10). The minimum absolute atomic E-state index is 0.0440. The molecule has 2 aromatic rings. The number of anilines is 2. The van der Waals surface area contributed by atoms with E-state index in [2.05, 4.69) is 9.97 Å². The van der Waals surface area contributed by atoms with Crippen LogP contribution in [0.3, 0.4) is 0 Å². The average molecular weight is 304 g/mol. The van der Waals surface area contributed by atoms with E-state index in [-0.39, 0.29) is 17.2 Å². The molecule has 5 N–H and O–H groups in total. The van der Waals surface area contributed by atoms with Crippen LogP contribution in [0, 0.1) is 0 Å².